The predicted molar refractivity (Wildman–Crippen MR) is 82.7 cm³/mol. The van der Waals surface area contributed by atoms with Crippen LogP contribution in [0.3, 0.4) is 0 Å². The van der Waals surface area contributed by atoms with Crippen LogP contribution in [-0.4, -0.2) is 15.7 Å². The fourth-order valence-electron chi connectivity index (χ4n) is 1.89. The second-order valence-electron chi connectivity index (χ2n) is 5.05. The third kappa shape index (κ3) is 3.60. The summed E-state index contributed by atoms with van der Waals surface area (Å²) < 4.78 is 1.79. The summed E-state index contributed by atoms with van der Waals surface area (Å²) in [4.78, 5) is 4.32. The van der Waals surface area contributed by atoms with Crippen LogP contribution in [0.15, 0.2) is 41.5 Å². The molecule has 0 radical (unpaired) electrons. The zero-order valence-electron chi connectivity index (χ0n) is 12.2. The maximum absolute atomic E-state index is 5.91. The van der Waals surface area contributed by atoms with Crippen molar-refractivity contribution in [2.24, 2.45) is 17.8 Å². The van der Waals surface area contributed by atoms with Gasteiger partial charge in [0.25, 0.3) is 0 Å². The number of aromatic nitrogens is 2. The predicted octanol–water partition coefficient (Wildman–Crippen LogP) is 2.47. The summed E-state index contributed by atoms with van der Waals surface area (Å²) in [5, 5.41) is 7.21. The van der Waals surface area contributed by atoms with Crippen molar-refractivity contribution in [3.63, 3.8) is 0 Å². The molecule has 5 heteroatoms. The van der Waals surface area contributed by atoms with Gasteiger partial charge in [-0.1, -0.05) is 26.0 Å². The second kappa shape index (κ2) is 6.23. The first-order chi connectivity index (χ1) is 9.56. The van der Waals surface area contributed by atoms with Crippen LogP contribution in [0.25, 0.3) is 0 Å². The summed E-state index contributed by atoms with van der Waals surface area (Å²) in [7, 11) is 1.89. The van der Waals surface area contributed by atoms with E-state index >= 15 is 0 Å². The second-order valence-corrected chi connectivity index (χ2v) is 5.05. The molecular weight excluding hydrogens is 250 g/mol. The molecule has 0 aliphatic carbocycles. The number of nitrogens with two attached hydrogens (primary N) is 1. The largest absolute Gasteiger partial charge is 0.370 e. The topological polar surface area (TPSA) is 68.2 Å². The van der Waals surface area contributed by atoms with Crippen LogP contribution in [0.4, 0.5) is 5.69 Å². The molecule has 0 bridgehead atoms. The first kappa shape index (κ1) is 14.1. The van der Waals surface area contributed by atoms with E-state index in [1.54, 1.807) is 10.9 Å². The molecule has 106 valence electrons. The third-order valence-corrected chi connectivity index (χ3v) is 3.16. The third-order valence-electron chi connectivity index (χ3n) is 3.16. The quantitative estimate of drug-likeness (QED) is 0.663. The number of aliphatic imine (C=N–C) groups is 1. The molecule has 1 aromatic carbocycles. The van der Waals surface area contributed by atoms with E-state index in [9.17, 15) is 0 Å². The fraction of sp³-hybridized carbons (Fsp3) is 0.333. The molecule has 2 aromatic rings. The number of nitrogens with one attached hydrogen (secondary N) is 1. The van der Waals surface area contributed by atoms with Crippen LogP contribution in [-0.2, 0) is 13.6 Å². The van der Waals surface area contributed by atoms with Crippen molar-refractivity contribution in [2.45, 2.75) is 26.3 Å². The number of hydrogen-bond donors (Lipinski definition) is 2. The Hall–Kier alpha value is -2.30. The molecule has 0 spiro atoms. The Balaban J connectivity index is 2.02. The van der Waals surface area contributed by atoms with Gasteiger partial charge in [0.2, 0.25) is 0 Å². The van der Waals surface area contributed by atoms with Gasteiger partial charge in [0, 0.05) is 18.9 Å². The summed E-state index contributed by atoms with van der Waals surface area (Å²) in [6.07, 6.45) is 1.75. The minimum absolute atomic E-state index is 0.409. The normalized spacial score (nSPS) is 11.9. The number of nitrogens with zero attached hydrogens (tertiary/aromatic N) is 3. The Morgan fingerprint density at radius 1 is 1.40 bits per heavy atom. The van der Waals surface area contributed by atoms with E-state index in [0.29, 0.717) is 18.4 Å². The van der Waals surface area contributed by atoms with Gasteiger partial charge in [-0.2, -0.15) is 5.10 Å². The van der Waals surface area contributed by atoms with Crippen LogP contribution < -0.4 is 11.1 Å². The first-order valence-electron chi connectivity index (χ1n) is 6.70. The number of anilines is 1. The Morgan fingerprint density at radius 2 is 2.20 bits per heavy atom. The van der Waals surface area contributed by atoms with Gasteiger partial charge < -0.3 is 11.1 Å². The van der Waals surface area contributed by atoms with Crippen LogP contribution in [0, 0.1) is 0 Å². The smallest absolute Gasteiger partial charge is 0.193 e. The van der Waals surface area contributed by atoms with Gasteiger partial charge in [0.1, 0.15) is 0 Å². The molecule has 0 saturated heterocycles. The van der Waals surface area contributed by atoms with Crippen molar-refractivity contribution in [2.75, 3.05) is 5.32 Å². The standard InChI is InChI=1S/C15H21N5/c1-11(2)12-5-4-6-13(9-12)19-15(16)17-10-14-7-8-18-20(14)3/h4-9,11H,10H2,1-3H3,(H3,16,17,19). The zero-order valence-corrected chi connectivity index (χ0v) is 12.2. The molecule has 0 saturated carbocycles. The molecule has 0 atom stereocenters. The van der Waals surface area contributed by atoms with Gasteiger partial charge in [-0.25, -0.2) is 4.99 Å². The highest BCUT2D eigenvalue weighted by molar-refractivity contribution is 5.92. The van der Waals surface area contributed by atoms with Crippen molar-refractivity contribution in [3.8, 4) is 0 Å². The molecule has 0 aliphatic rings. The average Bonchev–Trinajstić information content (AvgIpc) is 2.82. The lowest BCUT2D eigenvalue weighted by Gasteiger charge is -2.10. The number of guanidine groups is 1. The van der Waals surface area contributed by atoms with E-state index < -0.39 is 0 Å². The van der Waals surface area contributed by atoms with Crippen LogP contribution in [0.1, 0.15) is 31.0 Å². The molecule has 1 aromatic heterocycles. The number of aryl methyl sites for hydroxylation is 1. The van der Waals surface area contributed by atoms with Gasteiger partial charge in [0.15, 0.2) is 5.96 Å². The monoisotopic (exact) mass is 271 g/mol. The molecule has 20 heavy (non-hydrogen) atoms. The lowest BCUT2D eigenvalue weighted by Crippen LogP contribution is -2.22. The molecule has 0 fully saturated rings. The molecule has 5 nitrogen and oxygen atoms in total. The van der Waals surface area contributed by atoms with Gasteiger partial charge in [-0.05, 0) is 29.7 Å². The van der Waals surface area contributed by atoms with E-state index in [1.807, 2.05) is 25.2 Å². The number of benzene rings is 1. The molecule has 2 rings (SSSR count). The maximum Gasteiger partial charge on any atom is 0.193 e. The zero-order chi connectivity index (χ0) is 14.5. The highest BCUT2D eigenvalue weighted by Gasteiger charge is 2.02. The van der Waals surface area contributed by atoms with E-state index in [1.165, 1.54) is 5.56 Å². The SMILES string of the molecule is CC(C)c1cccc(NC(N)=NCc2ccnn2C)c1. The summed E-state index contributed by atoms with van der Waals surface area (Å²) in [6, 6.07) is 10.1. The summed E-state index contributed by atoms with van der Waals surface area (Å²) in [5.74, 6) is 0.900. The van der Waals surface area contributed by atoms with Crippen LogP contribution >= 0.6 is 0 Å². The molecule has 0 unspecified atom stereocenters. The Kier molecular flexibility index (Phi) is 4.40. The average molecular weight is 271 g/mol. The lowest BCUT2D eigenvalue weighted by atomic mass is 10.0. The van der Waals surface area contributed by atoms with Crippen molar-refractivity contribution in [1.29, 1.82) is 0 Å². The Morgan fingerprint density at radius 3 is 2.85 bits per heavy atom. The molecule has 3 N–H and O–H groups in total. The highest BCUT2D eigenvalue weighted by atomic mass is 15.3. The van der Waals surface area contributed by atoms with Crippen LogP contribution in [0.5, 0.6) is 0 Å². The van der Waals surface area contributed by atoms with Crippen molar-refractivity contribution in [1.82, 2.24) is 9.78 Å². The van der Waals surface area contributed by atoms with E-state index in [4.69, 9.17) is 5.73 Å². The van der Waals surface area contributed by atoms with Gasteiger partial charge in [-0.3, -0.25) is 4.68 Å². The maximum atomic E-state index is 5.91. The molecule has 0 amide bonds. The van der Waals surface area contributed by atoms with Gasteiger partial charge >= 0.3 is 0 Å². The van der Waals surface area contributed by atoms with E-state index in [0.717, 1.165) is 11.4 Å². The Bertz CT molecular complexity index is 598. The summed E-state index contributed by atoms with van der Waals surface area (Å²) in [5.41, 5.74) is 9.16. The minimum Gasteiger partial charge on any atom is -0.370 e. The van der Waals surface area contributed by atoms with Gasteiger partial charge in [-0.15, -0.1) is 0 Å². The highest BCUT2D eigenvalue weighted by Crippen LogP contribution is 2.18. The summed E-state index contributed by atoms with van der Waals surface area (Å²) >= 11 is 0. The fourth-order valence-corrected chi connectivity index (χ4v) is 1.89. The van der Waals surface area contributed by atoms with E-state index in [-0.39, 0.29) is 0 Å². The number of hydrogen-bond acceptors (Lipinski definition) is 2. The lowest BCUT2D eigenvalue weighted by molar-refractivity contribution is 0.712. The van der Waals surface area contributed by atoms with E-state index in [2.05, 4.69) is 41.4 Å². The van der Waals surface area contributed by atoms with Crippen LogP contribution in [0.2, 0.25) is 0 Å². The molecule has 1 heterocycles. The summed E-state index contributed by atoms with van der Waals surface area (Å²) in [6.45, 7) is 4.84. The van der Waals surface area contributed by atoms with Gasteiger partial charge in [0.05, 0.1) is 12.2 Å². The molecule has 0 aliphatic heterocycles. The minimum atomic E-state index is 0.409. The van der Waals surface area contributed by atoms with Crippen molar-refractivity contribution in [3.05, 3.63) is 47.8 Å². The van der Waals surface area contributed by atoms with Crippen molar-refractivity contribution >= 4 is 11.6 Å². The first-order valence-corrected chi connectivity index (χ1v) is 6.70. The number of rotatable bonds is 4. The molecular formula is C15H21N5. The van der Waals surface area contributed by atoms with Crippen molar-refractivity contribution < 1.29 is 0 Å². The Labute approximate surface area is 119 Å².